The van der Waals surface area contributed by atoms with Gasteiger partial charge in [-0.3, -0.25) is 0 Å². The van der Waals surface area contributed by atoms with Gasteiger partial charge >= 0.3 is 5.97 Å². The Morgan fingerprint density at radius 1 is 1.48 bits per heavy atom. The van der Waals surface area contributed by atoms with E-state index in [0.717, 1.165) is 24.3 Å². The van der Waals surface area contributed by atoms with Crippen LogP contribution in [0.25, 0.3) is 0 Å². The molecule has 118 valence electrons. The first-order chi connectivity index (χ1) is 9.87. The van der Waals surface area contributed by atoms with Gasteiger partial charge in [0.1, 0.15) is 9.77 Å². The largest absolute Gasteiger partial charge is 0.477 e. The Bertz CT molecular complexity index is 611. The summed E-state index contributed by atoms with van der Waals surface area (Å²) in [7, 11) is -1.79. The van der Waals surface area contributed by atoms with Crippen LogP contribution in [0, 0.1) is 0 Å². The number of hydrogen-bond donors (Lipinski definition) is 1. The lowest BCUT2D eigenvalue weighted by Crippen LogP contribution is -2.43. The molecule has 1 atom stereocenters. The second-order valence-electron chi connectivity index (χ2n) is 5.21. The van der Waals surface area contributed by atoms with Crippen molar-refractivity contribution in [1.29, 1.82) is 0 Å². The fraction of sp³-hybridized carbons (Fsp3) is 0.615. The number of aromatic carboxylic acids is 1. The second-order valence-corrected chi connectivity index (χ2v) is 7.99. The number of nitrogens with zero attached hydrogens (tertiary/aromatic N) is 2. The van der Waals surface area contributed by atoms with Crippen molar-refractivity contribution in [2.24, 2.45) is 0 Å². The number of likely N-dealkylation sites (N-methyl/N-ethyl adjacent to an activating group) is 1. The van der Waals surface area contributed by atoms with E-state index in [1.807, 2.05) is 14.0 Å². The third-order valence-corrected chi connectivity index (χ3v) is 6.76. The Kier molecular flexibility index (Phi) is 5.03. The van der Waals surface area contributed by atoms with Crippen molar-refractivity contribution in [2.75, 3.05) is 26.7 Å². The van der Waals surface area contributed by atoms with E-state index >= 15 is 0 Å². The van der Waals surface area contributed by atoms with Crippen molar-refractivity contribution < 1.29 is 18.3 Å². The fourth-order valence-electron chi connectivity index (χ4n) is 2.65. The van der Waals surface area contributed by atoms with E-state index in [9.17, 15) is 13.2 Å². The maximum atomic E-state index is 12.9. The molecule has 0 radical (unpaired) electrons. The highest BCUT2D eigenvalue weighted by Crippen LogP contribution is 2.28. The van der Waals surface area contributed by atoms with Crippen LogP contribution in [0.4, 0.5) is 0 Å². The predicted molar refractivity (Wildman–Crippen MR) is 81.4 cm³/mol. The number of carbonyl (C=O) groups is 1. The number of carboxylic acid groups (broad SMARTS) is 1. The molecule has 0 bridgehead atoms. The standard InChI is InChI=1S/C13H20N2O4S2/c1-3-10-9-14(2)6-4-7-15(10)21(18,19)11-5-8-20-12(11)13(16)17/h5,8,10H,3-4,6-7,9H2,1-2H3,(H,16,17). The minimum Gasteiger partial charge on any atom is -0.477 e. The van der Waals surface area contributed by atoms with E-state index in [2.05, 4.69) is 4.90 Å². The Hall–Kier alpha value is -0.960. The van der Waals surface area contributed by atoms with Crippen LogP contribution in [0.5, 0.6) is 0 Å². The summed E-state index contributed by atoms with van der Waals surface area (Å²) in [6.45, 7) is 3.90. The summed E-state index contributed by atoms with van der Waals surface area (Å²) in [5, 5.41) is 10.7. The lowest BCUT2D eigenvalue weighted by molar-refractivity contribution is 0.0698. The highest BCUT2D eigenvalue weighted by molar-refractivity contribution is 7.89. The SMILES string of the molecule is CCC1CN(C)CCCN1S(=O)(=O)c1ccsc1C(=O)O. The van der Waals surface area contributed by atoms with E-state index in [1.54, 1.807) is 0 Å². The molecule has 1 fully saturated rings. The van der Waals surface area contributed by atoms with Gasteiger partial charge in [0.25, 0.3) is 0 Å². The summed E-state index contributed by atoms with van der Waals surface area (Å²) >= 11 is 0.947. The van der Waals surface area contributed by atoms with Crippen molar-refractivity contribution >= 4 is 27.3 Å². The summed E-state index contributed by atoms with van der Waals surface area (Å²) in [6, 6.07) is 1.27. The zero-order valence-electron chi connectivity index (χ0n) is 12.2. The number of sulfonamides is 1. The molecule has 1 aromatic rings. The van der Waals surface area contributed by atoms with Gasteiger partial charge < -0.3 is 10.0 Å². The Labute approximate surface area is 129 Å². The average Bonchev–Trinajstić information content (AvgIpc) is 2.84. The first kappa shape index (κ1) is 16.4. The van der Waals surface area contributed by atoms with Crippen molar-refractivity contribution in [2.45, 2.75) is 30.7 Å². The summed E-state index contributed by atoms with van der Waals surface area (Å²) in [5.74, 6) is -1.19. The highest BCUT2D eigenvalue weighted by atomic mass is 32.2. The van der Waals surface area contributed by atoms with Crippen LogP contribution in [0.1, 0.15) is 29.4 Å². The zero-order chi connectivity index (χ0) is 15.6. The Morgan fingerprint density at radius 2 is 2.19 bits per heavy atom. The van der Waals surface area contributed by atoms with E-state index in [0.29, 0.717) is 19.5 Å². The molecule has 0 saturated carbocycles. The van der Waals surface area contributed by atoms with E-state index in [-0.39, 0.29) is 15.8 Å². The smallest absolute Gasteiger partial charge is 0.347 e. The van der Waals surface area contributed by atoms with Crippen LogP contribution >= 0.6 is 11.3 Å². The molecule has 1 saturated heterocycles. The summed E-state index contributed by atoms with van der Waals surface area (Å²) < 4.78 is 27.2. The fourth-order valence-corrected chi connectivity index (χ4v) is 5.62. The lowest BCUT2D eigenvalue weighted by Gasteiger charge is -2.29. The summed E-state index contributed by atoms with van der Waals surface area (Å²) in [5.41, 5.74) is 0. The molecule has 1 unspecified atom stereocenters. The summed E-state index contributed by atoms with van der Waals surface area (Å²) in [4.78, 5) is 13.1. The van der Waals surface area contributed by atoms with Crippen molar-refractivity contribution in [1.82, 2.24) is 9.21 Å². The minimum atomic E-state index is -3.77. The van der Waals surface area contributed by atoms with E-state index in [4.69, 9.17) is 5.11 Å². The third-order valence-electron chi connectivity index (χ3n) is 3.73. The van der Waals surface area contributed by atoms with Gasteiger partial charge in [0.15, 0.2) is 0 Å². The van der Waals surface area contributed by atoms with Gasteiger partial charge in [-0.05, 0) is 37.9 Å². The van der Waals surface area contributed by atoms with Crippen LogP contribution < -0.4 is 0 Å². The van der Waals surface area contributed by atoms with Gasteiger partial charge in [-0.1, -0.05) is 6.92 Å². The van der Waals surface area contributed by atoms with Gasteiger partial charge in [-0.2, -0.15) is 4.31 Å². The Balaban J connectivity index is 2.41. The first-order valence-electron chi connectivity index (χ1n) is 6.89. The van der Waals surface area contributed by atoms with Crippen molar-refractivity contribution in [3.8, 4) is 0 Å². The van der Waals surface area contributed by atoms with Gasteiger partial charge in [0.05, 0.1) is 0 Å². The van der Waals surface area contributed by atoms with E-state index < -0.39 is 16.0 Å². The number of rotatable bonds is 4. The molecule has 1 aliphatic rings. The van der Waals surface area contributed by atoms with Crippen LogP contribution in [0.2, 0.25) is 0 Å². The molecular weight excluding hydrogens is 312 g/mol. The highest BCUT2D eigenvalue weighted by Gasteiger charge is 2.35. The molecule has 1 N–H and O–H groups in total. The van der Waals surface area contributed by atoms with Gasteiger partial charge in [0.2, 0.25) is 10.0 Å². The van der Waals surface area contributed by atoms with Crippen LogP contribution in [0.15, 0.2) is 16.3 Å². The molecule has 2 rings (SSSR count). The molecule has 0 amide bonds. The Morgan fingerprint density at radius 3 is 2.81 bits per heavy atom. The van der Waals surface area contributed by atoms with Crippen molar-refractivity contribution in [3.05, 3.63) is 16.3 Å². The molecule has 2 heterocycles. The van der Waals surface area contributed by atoms with Crippen LogP contribution in [-0.2, 0) is 10.0 Å². The van der Waals surface area contributed by atoms with Crippen LogP contribution in [-0.4, -0.2) is 61.4 Å². The molecule has 1 aromatic heterocycles. The number of carboxylic acids is 1. The number of hydrogen-bond acceptors (Lipinski definition) is 5. The van der Waals surface area contributed by atoms with E-state index in [1.165, 1.54) is 15.8 Å². The third kappa shape index (κ3) is 3.28. The summed E-state index contributed by atoms with van der Waals surface area (Å²) in [6.07, 6.45) is 1.45. The normalized spacial score (nSPS) is 22.1. The minimum absolute atomic E-state index is 0.0806. The maximum absolute atomic E-state index is 12.9. The van der Waals surface area contributed by atoms with Crippen LogP contribution in [0.3, 0.4) is 0 Å². The molecule has 8 heteroatoms. The predicted octanol–water partition coefficient (Wildman–Crippen LogP) is 1.55. The molecule has 1 aliphatic heterocycles. The molecule has 0 spiro atoms. The van der Waals surface area contributed by atoms with Gasteiger partial charge in [-0.15, -0.1) is 11.3 Å². The molecule has 0 aliphatic carbocycles. The quantitative estimate of drug-likeness (QED) is 0.905. The topological polar surface area (TPSA) is 77.9 Å². The number of thiophene rings is 1. The molecule has 21 heavy (non-hydrogen) atoms. The maximum Gasteiger partial charge on any atom is 0.347 e. The monoisotopic (exact) mass is 332 g/mol. The zero-order valence-corrected chi connectivity index (χ0v) is 13.8. The van der Waals surface area contributed by atoms with Crippen molar-refractivity contribution in [3.63, 3.8) is 0 Å². The van der Waals surface area contributed by atoms with Gasteiger partial charge in [-0.25, -0.2) is 13.2 Å². The molecule has 0 aromatic carbocycles. The first-order valence-corrected chi connectivity index (χ1v) is 9.21. The van der Waals surface area contributed by atoms with Gasteiger partial charge in [0, 0.05) is 19.1 Å². The lowest BCUT2D eigenvalue weighted by atomic mass is 10.2. The second kappa shape index (κ2) is 6.43. The molecular formula is C13H20N2O4S2. The average molecular weight is 332 g/mol. The molecule has 6 nitrogen and oxygen atoms in total.